The van der Waals surface area contributed by atoms with E-state index in [0.29, 0.717) is 0 Å². The molecule has 7 heteroatoms. The summed E-state index contributed by atoms with van der Waals surface area (Å²) >= 11 is 6.25. The Labute approximate surface area is 69.9 Å². The highest BCUT2D eigenvalue weighted by Gasteiger charge is 2.22. The summed E-state index contributed by atoms with van der Waals surface area (Å²) in [6, 6.07) is 0. The molecule has 0 aromatic carbocycles. The maximum atomic E-state index is 10.4. The predicted molar refractivity (Wildman–Crippen MR) is 39.7 cm³/mol. The Kier molecular flexibility index (Phi) is 4.38. The Balaban J connectivity index is 3.94. The molecule has 10 heavy (non-hydrogen) atoms. The molecule has 0 fully saturated rings. The lowest BCUT2D eigenvalue weighted by Gasteiger charge is -2.03. The van der Waals surface area contributed by atoms with E-state index < -0.39 is 17.8 Å². The van der Waals surface area contributed by atoms with E-state index in [1.165, 1.54) is 0 Å². The molecule has 0 spiro atoms. The minimum absolute atomic E-state index is 0.984. The van der Waals surface area contributed by atoms with Gasteiger partial charge in [0.1, 0.15) is 13.7 Å². The van der Waals surface area contributed by atoms with Gasteiger partial charge in [-0.05, 0) is 0 Å². The molecule has 2 radical (unpaired) electrons. The summed E-state index contributed by atoms with van der Waals surface area (Å²) in [6.45, 7) is 0. The molecule has 0 saturated carbocycles. The molecule has 4 nitrogen and oxygen atoms in total. The molecular formula is C3H3BO4S2. The van der Waals surface area contributed by atoms with Gasteiger partial charge in [-0.1, -0.05) is 0 Å². The van der Waals surface area contributed by atoms with Crippen LogP contribution in [0.15, 0.2) is 0 Å². The van der Waals surface area contributed by atoms with Gasteiger partial charge in [0.15, 0.2) is 0 Å². The molecule has 0 aliphatic heterocycles. The first-order valence-corrected chi connectivity index (χ1v) is 2.82. The van der Waals surface area contributed by atoms with Gasteiger partial charge in [-0.2, -0.15) is 0 Å². The standard InChI is InChI=1S/C3H3BO4S2/c4-1(2(5)7-9)3(6)8-10/h1,9-10H. The topological polar surface area (TPSA) is 52.6 Å². The Morgan fingerprint density at radius 1 is 1.20 bits per heavy atom. The summed E-state index contributed by atoms with van der Waals surface area (Å²) in [5.41, 5.74) is 0. The molecule has 0 rings (SSSR count). The van der Waals surface area contributed by atoms with Crippen molar-refractivity contribution < 1.29 is 18.0 Å². The zero-order chi connectivity index (χ0) is 8.15. The van der Waals surface area contributed by atoms with Crippen LogP contribution in [0.25, 0.3) is 0 Å². The number of hydrogen-bond donors (Lipinski definition) is 2. The quantitative estimate of drug-likeness (QED) is 0.264. The molecule has 0 aromatic heterocycles. The summed E-state index contributed by atoms with van der Waals surface area (Å²) < 4.78 is 7.66. The van der Waals surface area contributed by atoms with Crippen molar-refractivity contribution in [1.29, 1.82) is 0 Å². The molecule has 0 N–H and O–H groups in total. The van der Waals surface area contributed by atoms with Crippen molar-refractivity contribution in [2.75, 3.05) is 0 Å². The summed E-state index contributed by atoms with van der Waals surface area (Å²) in [4.78, 5) is 20.7. The molecule has 0 aliphatic rings. The average molecular weight is 178 g/mol. The van der Waals surface area contributed by atoms with Crippen molar-refractivity contribution in [3.8, 4) is 0 Å². The van der Waals surface area contributed by atoms with Crippen LogP contribution in [0, 0.1) is 0 Å². The Bertz CT molecular complexity index is 133. The SMILES string of the molecule is [B]C(C(=O)OS)C(=O)OS. The minimum atomic E-state index is -1.48. The van der Waals surface area contributed by atoms with Crippen molar-refractivity contribution in [2.24, 2.45) is 0 Å². The van der Waals surface area contributed by atoms with E-state index in [0.717, 1.165) is 0 Å². The molecule has 0 amide bonds. The zero-order valence-corrected chi connectivity index (χ0v) is 6.47. The van der Waals surface area contributed by atoms with Crippen LogP contribution in [0.3, 0.4) is 0 Å². The van der Waals surface area contributed by atoms with E-state index in [-0.39, 0.29) is 0 Å². The van der Waals surface area contributed by atoms with E-state index in [4.69, 9.17) is 7.85 Å². The number of hydrogen-bond acceptors (Lipinski definition) is 6. The second kappa shape index (κ2) is 4.51. The molecule has 0 unspecified atom stereocenters. The van der Waals surface area contributed by atoms with Gasteiger partial charge in [0.2, 0.25) is 0 Å². The van der Waals surface area contributed by atoms with Crippen molar-refractivity contribution in [1.82, 2.24) is 0 Å². The van der Waals surface area contributed by atoms with Crippen LogP contribution in [0.4, 0.5) is 0 Å². The lowest BCUT2D eigenvalue weighted by atomic mass is 9.88. The van der Waals surface area contributed by atoms with Crippen molar-refractivity contribution in [2.45, 2.75) is 5.82 Å². The van der Waals surface area contributed by atoms with Crippen molar-refractivity contribution >= 4 is 45.6 Å². The van der Waals surface area contributed by atoms with E-state index in [9.17, 15) is 9.59 Å². The molecular weight excluding hydrogens is 175 g/mol. The van der Waals surface area contributed by atoms with Gasteiger partial charge < -0.3 is 8.37 Å². The predicted octanol–water partition coefficient (Wildman–Crippen LogP) is -0.281. The summed E-state index contributed by atoms with van der Waals surface area (Å²) in [7, 11) is 4.93. The van der Waals surface area contributed by atoms with Crippen LogP contribution in [-0.4, -0.2) is 19.8 Å². The first-order valence-electron chi connectivity index (χ1n) is 2.09. The maximum absolute atomic E-state index is 10.4. The average Bonchev–Trinajstić information content (AvgIpc) is 2.00. The second-order valence-corrected chi connectivity index (χ2v) is 1.66. The molecule has 0 bridgehead atoms. The minimum Gasteiger partial charge on any atom is -0.395 e. The fourth-order valence-electron chi connectivity index (χ4n) is 0.210. The largest absolute Gasteiger partial charge is 0.395 e. The van der Waals surface area contributed by atoms with Crippen molar-refractivity contribution in [3.05, 3.63) is 0 Å². The van der Waals surface area contributed by atoms with E-state index in [1.54, 1.807) is 0 Å². The number of carbonyl (C=O) groups is 2. The van der Waals surface area contributed by atoms with Crippen molar-refractivity contribution in [3.63, 3.8) is 0 Å². The smallest absolute Gasteiger partial charge is 0.322 e. The summed E-state index contributed by atoms with van der Waals surface area (Å²) in [5, 5.41) is 0. The van der Waals surface area contributed by atoms with Gasteiger partial charge in [-0.15, -0.1) is 0 Å². The van der Waals surface area contributed by atoms with Gasteiger partial charge in [0.25, 0.3) is 0 Å². The third kappa shape index (κ3) is 2.53. The Hall–Kier alpha value is -0.295. The van der Waals surface area contributed by atoms with E-state index >= 15 is 0 Å². The highest BCUT2D eigenvalue weighted by molar-refractivity contribution is 7.75. The fraction of sp³-hybridized carbons (Fsp3) is 0.333. The molecule has 0 saturated heterocycles. The molecule has 54 valence electrons. The molecule has 0 heterocycles. The van der Waals surface area contributed by atoms with Gasteiger partial charge in [-0.25, -0.2) is 0 Å². The van der Waals surface area contributed by atoms with Crippen LogP contribution in [0.1, 0.15) is 0 Å². The van der Waals surface area contributed by atoms with Crippen LogP contribution in [0.5, 0.6) is 0 Å². The van der Waals surface area contributed by atoms with Gasteiger partial charge in [0, 0.05) is 25.8 Å². The number of rotatable bonds is 2. The monoisotopic (exact) mass is 178 g/mol. The number of carbonyl (C=O) groups excluding carboxylic acids is 2. The molecule has 0 atom stereocenters. The molecule has 0 aliphatic carbocycles. The highest BCUT2D eigenvalue weighted by Crippen LogP contribution is 2.06. The molecule has 0 aromatic rings. The van der Waals surface area contributed by atoms with Crippen LogP contribution in [-0.2, 0) is 18.0 Å². The third-order valence-corrected chi connectivity index (χ3v) is 1.05. The van der Waals surface area contributed by atoms with E-state index in [2.05, 4.69) is 34.2 Å². The Morgan fingerprint density at radius 2 is 1.50 bits per heavy atom. The lowest BCUT2D eigenvalue weighted by molar-refractivity contribution is -0.142. The van der Waals surface area contributed by atoms with Gasteiger partial charge >= 0.3 is 11.9 Å². The Morgan fingerprint density at radius 3 is 1.70 bits per heavy atom. The van der Waals surface area contributed by atoms with Gasteiger partial charge in [0.05, 0.1) is 0 Å². The maximum Gasteiger partial charge on any atom is 0.322 e. The third-order valence-electron chi connectivity index (χ3n) is 0.688. The summed E-state index contributed by atoms with van der Waals surface area (Å²) in [5.74, 6) is -3.44. The lowest BCUT2D eigenvalue weighted by Crippen LogP contribution is -2.18. The normalized spacial score (nSPS) is 9.10. The summed E-state index contributed by atoms with van der Waals surface area (Å²) in [6.07, 6.45) is 0. The van der Waals surface area contributed by atoms with Crippen LogP contribution in [0.2, 0.25) is 5.82 Å². The zero-order valence-electron chi connectivity index (χ0n) is 4.68. The number of thiol groups is 2. The van der Waals surface area contributed by atoms with E-state index in [1.807, 2.05) is 0 Å². The highest BCUT2D eigenvalue weighted by atomic mass is 32.1. The first-order chi connectivity index (χ1) is 4.63. The second-order valence-electron chi connectivity index (χ2n) is 1.30. The fourth-order valence-corrected chi connectivity index (χ4v) is 0.437. The van der Waals surface area contributed by atoms with Crippen LogP contribution >= 0.6 is 25.8 Å². The van der Waals surface area contributed by atoms with Gasteiger partial charge in [-0.3, -0.25) is 9.59 Å². The van der Waals surface area contributed by atoms with Crippen LogP contribution < -0.4 is 0 Å². The first kappa shape index (κ1) is 9.70.